The van der Waals surface area contributed by atoms with E-state index >= 15 is 0 Å². The van der Waals surface area contributed by atoms with Crippen LogP contribution in [0.4, 0.5) is 23.1 Å². The van der Waals surface area contributed by atoms with Crippen LogP contribution in [0.25, 0.3) is 0 Å². The Morgan fingerprint density at radius 1 is 1.28 bits per heavy atom. The molecule has 0 atom stereocenters. The van der Waals surface area contributed by atoms with E-state index in [1.165, 1.54) is 18.0 Å². The zero-order chi connectivity index (χ0) is 18.6. The molecule has 8 nitrogen and oxygen atoms in total. The summed E-state index contributed by atoms with van der Waals surface area (Å²) in [5, 5.41) is 6.15. The molecule has 2 amide bonds. The Balaban J connectivity index is 2.30. The highest BCUT2D eigenvalue weighted by Gasteiger charge is 2.13. The van der Waals surface area contributed by atoms with Crippen LogP contribution in [0.2, 0.25) is 0 Å². The minimum absolute atomic E-state index is 0.0670. The number of aromatic nitrogens is 2. The number of benzene rings is 1. The summed E-state index contributed by atoms with van der Waals surface area (Å²) in [4.78, 5) is 33.0. The highest BCUT2D eigenvalue weighted by Crippen LogP contribution is 2.22. The van der Waals surface area contributed by atoms with Crippen LogP contribution in [0.1, 0.15) is 31.1 Å². The van der Waals surface area contributed by atoms with Crippen LogP contribution in [0.15, 0.2) is 30.5 Å². The fraction of sp³-hybridized carbons (Fsp3) is 0.294. The van der Waals surface area contributed by atoms with E-state index in [0.29, 0.717) is 17.5 Å². The van der Waals surface area contributed by atoms with Crippen LogP contribution >= 0.6 is 0 Å². The third-order valence-electron chi connectivity index (χ3n) is 3.44. The number of rotatable bonds is 6. The van der Waals surface area contributed by atoms with Gasteiger partial charge in [-0.05, 0) is 32.0 Å². The molecule has 1 heterocycles. The summed E-state index contributed by atoms with van der Waals surface area (Å²) < 4.78 is 0. The second-order valence-electron chi connectivity index (χ2n) is 5.87. The van der Waals surface area contributed by atoms with Crippen LogP contribution in [-0.4, -0.2) is 34.9 Å². The molecule has 132 valence electrons. The van der Waals surface area contributed by atoms with E-state index in [9.17, 15) is 9.59 Å². The zero-order valence-electron chi connectivity index (χ0n) is 14.7. The van der Waals surface area contributed by atoms with Gasteiger partial charge in [0, 0.05) is 37.6 Å². The molecule has 1 aromatic carbocycles. The van der Waals surface area contributed by atoms with Gasteiger partial charge in [0.05, 0.1) is 5.56 Å². The Labute approximate surface area is 146 Å². The highest BCUT2D eigenvalue weighted by atomic mass is 16.2. The Morgan fingerprint density at radius 2 is 2.00 bits per heavy atom. The van der Waals surface area contributed by atoms with Crippen molar-refractivity contribution in [3.63, 3.8) is 0 Å². The van der Waals surface area contributed by atoms with Gasteiger partial charge in [-0.1, -0.05) is 6.07 Å². The summed E-state index contributed by atoms with van der Waals surface area (Å²) in [5.41, 5.74) is 7.04. The lowest BCUT2D eigenvalue weighted by Gasteiger charge is -2.17. The summed E-state index contributed by atoms with van der Waals surface area (Å²) in [6.45, 7) is 5.36. The molecule has 0 spiro atoms. The molecule has 2 rings (SSSR count). The van der Waals surface area contributed by atoms with Crippen molar-refractivity contribution in [1.29, 1.82) is 0 Å². The molecule has 0 fully saturated rings. The monoisotopic (exact) mass is 342 g/mol. The van der Waals surface area contributed by atoms with Crippen LogP contribution < -0.4 is 21.3 Å². The molecular formula is C17H22N6O2. The van der Waals surface area contributed by atoms with Gasteiger partial charge in [0.2, 0.25) is 11.9 Å². The molecule has 8 heteroatoms. The molecular weight excluding hydrogens is 320 g/mol. The molecule has 0 radical (unpaired) electrons. The first-order chi connectivity index (χ1) is 11.8. The van der Waals surface area contributed by atoms with Crippen molar-refractivity contribution >= 4 is 35.0 Å². The summed E-state index contributed by atoms with van der Waals surface area (Å²) in [6.07, 6.45) is 1.38. The number of anilines is 4. The molecule has 0 aliphatic carbocycles. The summed E-state index contributed by atoms with van der Waals surface area (Å²) >= 11 is 0. The van der Waals surface area contributed by atoms with Gasteiger partial charge in [-0.2, -0.15) is 4.98 Å². The van der Waals surface area contributed by atoms with Gasteiger partial charge in [-0.15, -0.1) is 0 Å². The Bertz CT molecular complexity index is 790. The van der Waals surface area contributed by atoms with Crippen molar-refractivity contribution in [3.05, 3.63) is 36.0 Å². The largest absolute Gasteiger partial charge is 0.367 e. The number of carbonyl (C=O) groups excluding carboxylic acids is 2. The van der Waals surface area contributed by atoms with Gasteiger partial charge in [-0.25, -0.2) is 4.98 Å². The second kappa shape index (κ2) is 7.61. The molecule has 4 N–H and O–H groups in total. The van der Waals surface area contributed by atoms with Crippen molar-refractivity contribution in [2.75, 3.05) is 22.6 Å². The van der Waals surface area contributed by atoms with Crippen molar-refractivity contribution < 1.29 is 9.59 Å². The van der Waals surface area contributed by atoms with Gasteiger partial charge in [0.25, 0.3) is 5.91 Å². The lowest BCUT2D eigenvalue weighted by atomic mass is 10.2. The van der Waals surface area contributed by atoms with E-state index in [1.807, 2.05) is 38.1 Å². The second-order valence-corrected chi connectivity index (χ2v) is 5.87. The van der Waals surface area contributed by atoms with Crippen molar-refractivity contribution in [1.82, 2.24) is 9.97 Å². The van der Waals surface area contributed by atoms with E-state index in [1.54, 1.807) is 7.05 Å². The van der Waals surface area contributed by atoms with E-state index < -0.39 is 5.91 Å². The summed E-state index contributed by atoms with van der Waals surface area (Å²) in [5.74, 6) is 0.0233. The van der Waals surface area contributed by atoms with E-state index in [-0.39, 0.29) is 17.5 Å². The molecule has 2 aromatic rings. The van der Waals surface area contributed by atoms with Crippen molar-refractivity contribution in [2.45, 2.75) is 26.8 Å². The SMILES string of the molecule is CC(=O)N(C)c1cccc(Nc2ncc(C(N)=O)c(NC(C)C)n2)c1. The first-order valence-corrected chi connectivity index (χ1v) is 7.82. The zero-order valence-corrected chi connectivity index (χ0v) is 14.7. The topological polar surface area (TPSA) is 113 Å². The third-order valence-corrected chi connectivity index (χ3v) is 3.44. The van der Waals surface area contributed by atoms with Crippen LogP contribution in [-0.2, 0) is 4.79 Å². The van der Waals surface area contributed by atoms with E-state index in [2.05, 4.69) is 20.6 Å². The number of nitrogens with two attached hydrogens (primary N) is 1. The first kappa shape index (κ1) is 18.2. The number of primary amides is 1. The smallest absolute Gasteiger partial charge is 0.254 e. The van der Waals surface area contributed by atoms with E-state index in [0.717, 1.165) is 5.69 Å². The lowest BCUT2D eigenvalue weighted by molar-refractivity contribution is -0.116. The predicted octanol–water partition coefficient (Wildman–Crippen LogP) is 2.12. The number of nitrogens with zero attached hydrogens (tertiary/aromatic N) is 3. The average Bonchev–Trinajstić information content (AvgIpc) is 2.53. The summed E-state index contributed by atoms with van der Waals surface area (Å²) in [6, 6.07) is 7.37. The predicted molar refractivity (Wildman–Crippen MR) is 98.1 cm³/mol. The molecule has 0 unspecified atom stereocenters. The van der Waals surface area contributed by atoms with Crippen LogP contribution in [0.3, 0.4) is 0 Å². The maximum absolute atomic E-state index is 11.5. The van der Waals surface area contributed by atoms with Gasteiger partial charge < -0.3 is 21.3 Å². The molecule has 0 aliphatic rings. The average molecular weight is 342 g/mol. The molecule has 25 heavy (non-hydrogen) atoms. The van der Waals surface area contributed by atoms with Gasteiger partial charge >= 0.3 is 0 Å². The maximum atomic E-state index is 11.5. The molecule has 1 aromatic heterocycles. The minimum atomic E-state index is -0.597. The Kier molecular flexibility index (Phi) is 5.53. The highest BCUT2D eigenvalue weighted by molar-refractivity contribution is 5.97. The standard InChI is InChI=1S/C17H22N6O2/c1-10(2)20-16-14(15(18)25)9-19-17(22-16)21-12-6-5-7-13(8-12)23(4)11(3)24/h5-10H,1-4H3,(H2,18,25)(H2,19,20,21,22). The summed E-state index contributed by atoms with van der Waals surface area (Å²) in [7, 11) is 1.70. The van der Waals surface area contributed by atoms with Gasteiger partial charge in [0.15, 0.2) is 0 Å². The number of carbonyl (C=O) groups is 2. The Hall–Kier alpha value is -3.16. The van der Waals surface area contributed by atoms with Crippen LogP contribution in [0.5, 0.6) is 0 Å². The fourth-order valence-electron chi connectivity index (χ4n) is 2.11. The fourth-order valence-corrected chi connectivity index (χ4v) is 2.11. The molecule has 0 bridgehead atoms. The molecule has 0 aliphatic heterocycles. The molecule has 0 saturated carbocycles. The lowest BCUT2D eigenvalue weighted by Crippen LogP contribution is -2.22. The van der Waals surface area contributed by atoms with Gasteiger partial charge in [0.1, 0.15) is 5.82 Å². The maximum Gasteiger partial charge on any atom is 0.254 e. The first-order valence-electron chi connectivity index (χ1n) is 7.82. The molecule has 0 saturated heterocycles. The number of amides is 2. The minimum Gasteiger partial charge on any atom is -0.367 e. The van der Waals surface area contributed by atoms with Crippen LogP contribution in [0, 0.1) is 0 Å². The quantitative estimate of drug-likeness (QED) is 0.741. The van der Waals surface area contributed by atoms with Crippen molar-refractivity contribution in [3.8, 4) is 0 Å². The third kappa shape index (κ3) is 4.66. The van der Waals surface area contributed by atoms with Crippen molar-refractivity contribution in [2.24, 2.45) is 5.73 Å². The number of nitrogens with one attached hydrogen (secondary N) is 2. The van der Waals surface area contributed by atoms with Gasteiger partial charge in [-0.3, -0.25) is 9.59 Å². The number of hydrogen-bond donors (Lipinski definition) is 3. The number of hydrogen-bond acceptors (Lipinski definition) is 6. The van der Waals surface area contributed by atoms with E-state index in [4.69, 9.17) is 5.73 Å². The Morgan fingerprint density at radius 3 is 2.60 bits per heavy atom. The normalized spacial score (nSPS) is 10.4.